The molecule has 0 spiro atoms. The van der Waals surface area contributed by atoms with E-state index in [0.717, 1.165) is 11.7 Å². The number of nitrogens with one attached hydrogen (secondary N) is 1. The number of rotatable bonds is 8. The highest BCUT2D eigenvalue weighted by molar-refractivity contribution is 7.00. The number of amides is 1. The van der Waals surface area contributed by atoms with Gasteiger partial charge in [-0.1, -0.05) is 17.7 Å². The molecule has 156 valence electrons. The van der Waals surface area contributed by atoms with Crippen molar-refractivity contribution >= 4 is 58.0 Å². The summed E-state index contributed by atoms with van der Waals surface area (Å²) in [6, 6.07) is 8.56. The van der Waals surface area contributed by atoms with Gasteiger partial charge in [0.05, 0.1) is 36.2 Å². The summed E-state index contributed by atoms with van der Waals surface area (Å²) in [6.45, 7) is 1.83. The Hall–Kier alpha value is -3.17. The van der Waals surface area contributed by atoms with Crippen LogP contribution in [0.2, 0.25) is 5.02 Å². The Labute approximate surface area is 181 Å². The van der Waals surface area contributed by atoms with Crippen molar-refractivity contribution in [3.05, 3.63) is 47.0 Å². The Morgan fingerprint density at radius 2 is 2.10 bits per heavy atom. The molecule has 1 N–H and O–H groups in total. The normalized spacial score (nSPS) is 10.9. The predicted molar refractivity (Wildman–Crippen MR) is 115 cm³/mol. The van der Waals surface area contributed by atoms with E-state index in [0.29, 0.717) is 45.4 Å². The lowest BCUT2D eigenvalue weighted by Crippen LogP contribution is -2.20. The van der Waals surface area contributed by atoms with Crippen molar-refractivity contribution in [2.75, 3.05) is 25.6 Å². The summed E-state index contributed by atoms with van der Waals surface area (Å²) in [6.07, 6.45) is 2.71. The minimum Gasteiger partial charge on any atom is -0.491 e. The monoisotopic (exact) mass is 447 g/mol. The Balaban J connectivity index is 1.58. The number of anilines is 1. The van der Waals surface area contributed by atoms with Crippen LogP contribution in [0.3, 0.4) is 0 Å². The van der Waals surface area contributed by atoms with Crippen molar-refractivity contribution in [2.24, 2.45) is 0 Å². The van der Waals surface area contributed by atoms with E-state index in [1.54, 1.807) is 30.3 Å². The first-order valence-corrected chi connectivity index (χ1v) is 9.99. The molecule has 1 heterocycles. The van der Waals surface area contributed by atoms with Crippen LogP contribution in [0.4, 0.5) is 5.69 Å². The average molecular weight is 448 g/mol. The SMILES string of the molecule is CCOc1cc(C=CC(=O)OCC(=O)Nc2cccc3nsnc23)cc(Cl)c1OC. The van der Waals surface area contributed by atoms with Crippen LogP contribution in [0.1, 0.15) is 12.5 Å². The van der Waals surface area contributed by atoms with E-state index in [1.807, 2.05) is 6.92 Å². The molecule has 3 rings (SSSR count). The first-order chi connectivity index (χ1) is 14.5. The van der Waals surface area contributed by atoms with Gasteiger partial charge in [0.1, 0.15) is 11.0 Å². The minimum atomic E-state index is -0.677. The van der Waals surface area contributed by atoms with Gasteiger partial charge in [-0.05, 0) is 42.8 Å². The maximum absolute atomic E-state index is 12.1. The van der Waals surface area contributed by atoms with Gasteiger partial charge in [-0.15, -0.1) is 0 Å². The molecule has 10 heteroatoms. The number of nitrogens with zero attached hydrogens (tertiary/aromatic N) is 2. The molecule has 0 atom stereocenters. The predicted octanol–water partition coefficient (Wildman–Crippen LogP) is 3.95. The summed E-state index contributed by atoms with van der Waals surface area (Å²) < 4.78 is 23.9. The van der Waals surface area contributed by atoms with Gasteiger partial charge in [0.15, 0.2) is 18.1 Å². The number of ether oxygens (including phenoxy) is 3. The van der Waals surface area contributed by atoms with Crippen molar-refractivity contribution in [1.82, 2.24) is 8.75 Å². The zero-order valence-corrected chi connectivity index (χ0v) is 17.7. The highest BCUT2D eigenvalue weighted by Crippen LogP contribution is 2.36. The van der Waals surface area contributed by atoms with Crippen molar-refractivity contribution in [3.8, 4) is 11.5 Å². The highest BCUT2D eigenvalue weighted by Gasteiger charge is 2.12. The fraction of sp³-hybridized carbons (Fsp3) is 0.200. The van der Waals surface area contributed by atoms with E-state index in [-0.39, 0.29) is 0 Å². The molecule has 30 heavy (non-hydrogen) atoms. The molecule has 2 aromatic carbocycles. The Morgan fingerprint density at radius 3 is 2.87 bits per heavy atom. The second-order valence-corrected chi connectivity index (χ2v) is 6.83. The topological polar surface area (TPSA) is 99.6 Å². The number of fused-ring (bicyclic) bond motifs is 1. The van der Waals surface area contributed by atoms with E-state index < -0.39 is 18.5 Å². The molecular formula is C20H18ClN3O5S. The second-order valence-electron chi connectivity index (χ2n) is 5.89. The van der Waals surface area contributed by atoms with Crippen LogP contribution in [-0.2, 0) is 14.3 Å². The summed E-state index contributed by atoms with van der Waals surface area (Å²) >= 11 is 7.23. The van der Waals surface area contributed by atoms with Gasteiger partial charge in [0, 0.05) is 6.08 Å². The third-order valence-corrected chi connectivity index (χ3v) is 4.68. The van der Waals surface area contributed by atoms with Gasteiger partial charge in [-0.3, -0.25) is 4.79 Å². The molecule has 0 fully saturated rings. The highest BCUT2D eigenvalue weighted by atomic mass is 35.5. The fourth-order valence-electron chi connectivity index (χ4n) is 2.59. The summed E-state index contributed by atoms with van der Waals surface area (Å²) in [5.74, 6) is -0.280. The number of methoxy groups -OCH3 is 1. The summed E-state index contributed by atoms with van der Waals surface area (Å²) in [5, 5.41) is 3.01. The second kappa shape index (κ2) is 10.0. The fourth-order valence-corrected chi connectivity index (χ4v) is 3.43. The van der Waals surface area contributed by atoms with Gasteiger partial charge in [0.25, 0.3) is 5.91 Å². The molecule has 1 aromatic heterocycles. The van der Waals surface area contributed by atoms with Gasteiger partial charge in [0.2, 0.25) is 0 Å². The molecule has 3 aromatic rings. The standard InChI is InChI=1S/C20H18ClN3O5S/c1-3-28-16-10-12(9-13(21)20(16)27-2)7-8-18(26)29-11-17(25)22-14-5-4-6-15-19(14)24-30-23-15/h4-10H,3,11H2,1-2H3,(H,22,25). The maximum Gasteiger partial charge on any atom is 0.331 e. The number of halogens is 1. The van der Waals surface area contributed by atoms with Crippen molar-refractivity contribution < 1.29 is 23.8 Å². The number of hydrogen-bond donors (Lipinski definition) is 1. The molecule has 0 unspecified atom stereocenters. The quantitative estimate of drug-likeness (QED) is 0.412. The molecule has 0 saturated carbocycles. The van der Waals surface area contributed by atoms with E-state index in [2.05, 4.69) is 14.1 Å². The average Bonchev–Trinajstić information content (AvgIpc) is 3.21. The van der Waals surface area contributed by atoms with E-state index >= 15 is 0 Å². The molecule has 8 nitrogen and oxygen atoms in total. The first kappa shape index (κ1) is 21.5. The van der Waals surface area contributed by atoms with E-state index in [9.17, 15) is 9.59 Å². The number of carbonyl (C=O) groups excluding carboxylic acids is 2. The van der Waals surface area contributed by atoms with E-state index in [1.165, 1.54) is 19.3 Å². The smallest absolute Gasteiger partial charge is 0.331 e. The zero-order valence-electron chi connectivity index (χ0n) is 16.2. The lowest BCUT2D eigenvalue weighted by Gasteiger charge is -2.11. The van der Waals surface area contributed by atoms with Gasteiger partial charge in [-0.25, -0.2) is 4.79 Å². The Kier molecular flexibility index (Phi) is 7.21. The van der Waals surface area contributed by atoms with Crippen LogP contribution in [0, 0.1) is 0 Å². The van der Waals surface area contributed by atoms with Crippen molar-refractivity contribution in [1.29, 1.82) is 0 Å². The Bertz CT molecular complexity index is 1100. The number of hydrogen-bond acceptors (Lipinski definition) is 8. The van der Waals surface area contributed by atoms with Crippen LogP contribution >= 0.6 is 23.3 Å². The van der Waals surface area contributed by atoms with Crippen LogP contribution in [0.5, 0.6) is 11.5 Å². The lowest BCUT2D eigenvalue weighted by molar-refractivity contribution is -0.142. The maximum atomic E-state index is 12.1. The van der Waals surface area contributed by atoms with Gasteiger partial charge in [-0.2, -0.15) is 8.75 Å². The van der Waals surface area contributed by atoms with Crippen LogP contribution < -0.4 is 14.8 Å². The minimum absolute atomic E-state index is 0.349. The van der Waals surface area contributed by atoms with Gasteiger partial charge >= 0.3 is 5.97 Å². The molecule has 0 aliphatic rings. The molecule has 1 amide bonds. The number of esters is 1. The van der Waals surface area contributed by atoms with Crippen molar-refractivity contribution in [2.45, 2.75) is 6.92 Å². The van der Waals surface area contributed by atoms with E-state index in [4.69, 9.17) is 25.8 Å². The van der Waals surface area contributed by atoms with Crippen LogP contribution in [0.15, 0.2) is 36.4 Å². The zero-order chi connectivity index (χ0) is 21.5. The molecule has 0 radical (unpaired) electrons. The number of aromatic nitrogens is 2. The van der Waals surface area contributed by atoms with Crippen LogP contribution in [-0.4, -0.2) is 40.9 Å². The molecular weight excluding hydrogens is 430 g/mol. The summed E-state index contributed by atoms with van der Waals surface area (Å²) in [5.41, 5.74) is 2.40. The summed E-state index contributed by atoms with van der Waals surface area (Å²) in [7, 11) is 1.49. The first-order valence-electron chi connectivity index (χ1n) is 8.88. The lowest BCUT2D eigenvalue weighted by atomic mass is 10.2. The Morgan fingerprint density at radius 1 is 1.27 bits per heavy atom. The van der Waals surface area contributed by atoms with Crippen LogP contribution in [0.25, 0.3) is 17.1 Å². The number of benzene rings is 2. The third kappa shape index (κ3) is 5.25. The molecule has 0 saturated heterocycles. The summed E-state index contributed by atoms with van der Waals surface area (Å²) in [4.78, 5) is 24.0. The third-order valence-electron chi connectivity index (χ3n) is 3.85. The molecule has 0 aliphatic heterocycles. The molecule has 0 bridgehead atoms. The van der Waals surface area contributed by atoms with Crippen molar-refractivity contribution in [3.63, 3.8) is 0 Å². The number of carbonyl (C=O) groups is 2. The molecule has 0 aliphatic carbocycles. The van der Waals surface area contributed by atoms with Gasteiger partial charge < -0.3 is 19.5 Å². The largest absolute Gasteiger partial charge is 0.491 e.